The zero-order valence-electron chi connectivity index (χ0n) is 8.17. The Morgan fingerprint density at radius 2 is 2.42 bits per heavy atom. The van der Waals surface area contributed by atoms with Crippen LogP contribution < -0.4 is 5.32 Å². The number of thioether (sulfide) groups is 1. The average Bonchev–Trinajstić information content (AvgIpc) is 2.47. The van der Waals surface area contributed by atoms with Crippen LogP contribution in [0.5, 0.6) is 0 Å². The molecule has 3 heteroatoms. The molecule has 1 fully saturated rings. The van der Waals surface area contributed by atoms with Crippen LogP contribution in [-0.4, -0.2) is 36.8 Å². The first-order valence-corrected chi connectivity index (χ1v) is 5.65. The summed E-state index contributed by atoms with van der Waals surface area (Å²) < 4.78 is 5.17. The third-order valence-corrected chi connectivity index (χ3v) is 3.65. The molecule has 0 aromatic heterocycles. The largest absolute Gasteiger partial charge is 0.380 e. The van der Waals surface area contributed by atoms with Crippen molar-refractivity contribution >= 4 is 11.8 Å². The molecule has 1 heterocycles. The normalized spacial score (nSPS) is 32.2. The van der Waals surface area contributed by atoms with E-state index in [1.54, 1.807) is 7.11 Å². The van der Waals surface area contributed by atoms with E-state index in [1.165, 1.54) is 12.2 Å². The molecule has 72 valence electrons. The lowest BCUT2D eigenvalue weighted by molar-refractivity contribution is 0.115. The van der Waals surface area contributed by atoms with Gasteiger partial charge in [0.05, 0.1) is 6.10 Å². The summed E-state index contributed by atoms with van der Waals surface area (Å²) in [6.45, 7) is 5.37. The van der Waals surface area contributed by atoms with E-state index in [0.29, 0.717) is 12.1 Å². The quantitative estimate of drug-likeness (QED) is 0.724. The molecule has 1 rings (SSSR count). The van der Waals surface area contributed by atoms with Gasteiger partial charge in [-0.15, -0.1) is 0 Å². The maximum atomic E-state index is 5.17. The van der Waals surface area contributed by atoms with Crippen molar-refractivity contribution in [3.8, 4) is 0 Å². The molecule has 0 spiro atoms. The fourth-order valence-corrected chi connectivity index (χ4v) is 2.56. The van der Waals surface area contributed by atoms with Gasteiger partial charge in [-0.3, -0.25) is 0 Å². The molecule has 0 radical (unpaired) electrons. The molecule has 0 aromatic carbocycles. The van der Waals surface area contributed by atoms with E-state index in [2.05, 4.69) is 30.9 Å². The lowest BCUT2D eigenvalue weighted by Crippen LogP contribution is -2.35. The molecule has 0 saturated carbocycles. The SMILES string of the molecule is COC(C)CNC1CSC(C)C1. The van der Waals surface area contributed by atoms with Crippen LogP contribution in [0.25, 0.3) is 0 Å². The Kier molecular flexibility index (Phi) is 4.40. The molecular weight excluding hydrogens is 170 g/mol. The highest BCUT2D eigenvalue weighted by atomic mass is 32.2. The second-order valence-electron chi connectivity index (χ2n) is 3.53. The van der Waals surface area contributed by atoms with Crippen molar-refractivity contribution in [2.24, 2.45) is 0 Å². The summed E-state index contributed by atoms with van der Waals surface area (Å²) >= 11 is 2.06. The molecule has 2 nitrogen and oxygen atoms in total. The van der Waals surface area contributed by atoms with Gasteiger partial charge in [-0.05, 0) is 13.3 Å². The lowest BCUT2D eigenvalue weighted by Gasteiger charge is -2.15. The summed E-state index contributed by atoms with van der Waals surface area (Å²) in [6, 6.07) is 0.711. The second kappa shape index (κ2) is 5.10. The first-order chi connectivity index (χ1) is 5.72. The molecule has 12 heavy (non-hydrogen) atoms. The van der Waals surface area contributed by atoms with Gasteiger partial charge in [-0.2, -0.15) is 11.8 Å². The van der Waals surface area contributed by atoms with Crippen molar-refractivity contribution in [1.82, 2.24) is 5.32 Å². The highest BCUT2D eigenvalue weighted by molar-refractivity contribution is 8.00. The van der Waals surface area contributed by atoms with Gasteiger partial charge in [0.25, 0.3) is 0 Å². The first-order valence-electron chi connectivity index (χ1n) is 4.60. The number of hydrogen-bond donors (Lipinski definition) is 1. The Balaban J connectivity index is 2.07. The van der Waals surface area contributed by atoms with Crippen molar-refractivity contribution in [2.45, 2.75) is 37.7 Å². The van der Waals surface area contributed by atoms with Crippen LogP contribution in [0, 0.1) is 0 Å². The van der Waals surface area contributed by atoms with Gasteiger partial charge in [0.1, 0.15) is 0 Å². The van der Waals surface area contributed by atoms with E-state index in [-0.39, 0.29) is 0 Å². The Hall–Kier alpha value is 0.270. The van der Waals surface area contributed by atoms with E-state index in [1.807, 2.05) is 0 Å². The maximum absolute atomic E-state index is 5.17. The van der Waals surface area contributed by atoms with E-state index in [4.69, 9.17) is 4.74 Å². The Labute approximate surface area is 79.4 Å². The first kappa shape index (κ1) is 10.4. The smallest absolute Gasteiger partial charge is 0.0667 e. The molecule has 3 atom stereocenters. The van der Waals surface area contributed by atoms with Gasteiger partial charge in [-0.25, -0.2) is 0 Å². The zero-order chi connectivity index (χ0) is 8.97. The molecule has 0 aromatic rings. The Bertz CT molecular complexity index is 132. The van der Waals surface area contributed by atoms with Crippen LogP contribution in [0.3, 0.4) is 0 Å². The zero-order valence-corrected chi connectivity index (χ0v) is 8.99. The Morgan fingerprint density at radius 1 is 1.67 bits per heavy atom. The van der Waals surface area contributed by atoms with Crippen molar-refractivity contribution in [1.29, 1.82) is 0 Å². The molecule has 0 aliphatic carbocycles. The van der Waals surface area contributed by atoms with Gasteiger partial charge >= 0.3 is 0 Å². The van der Waals surface area contributed by atoms with Gasteiger partial charge in [0, 0.05) is 30.7 Å². The van der Waals surface area contributed by atoms with Crippen molar-refractivity contribution in [3.63, 3.8) is 0 Å². The topological polar surface area (TPSA) is 21.3 Å². The van der Waals surface area contributed by atoms with Crippen molar-refractivity contribution in [2.75, 3.05) is 19.4 Å². The van der Waals surface area contributed by atoms with E-state index < -0.39 is 0 Å². The number of hydrogen-bond acceptors (Lipinski definition) is 3. The van der Waals surface area contributed by atoms with Gasteiger partial charge < -0.3 is 10.1 Å². The van der Waals surface area contributed by atoms with Crippen LogP contribution in [0.15, 0.2) is 0 Å². The molecule has 0 amide bonds. The molecule has 0 bridgehead atoms. The molecule has 1 aliphatic heterocycles. The van der Waals surface area contributed by atoms with Crippen LogP contribution in [0.1, 0.15) is 20.3 Å². The van der Waals surface area contributed by atoms with Crippen LogP contribution in [0.2, 0.25) is 0 Å². The van der Waals surface area contributed by atoms with E-state index in [9.17, 15) is 0 Å². The minimum Gasteiger partial charge on any atom is -0.380 e. The van der Waals surface area contributed by atoms with Gasteiger partial charge in [-0.1, -0.05) is 6.92 Å². The molecule has 1 aliphatic rings. The minimum absolute atomic E-state index is 0.339. The molecule has 1 saturated heterocycles. The monoisotopic (exact) mass is 189 g/mol. The summed E-state index contributed by atoms with van der Waals surface area (Å²) in [5, 5.41) is 4.35. The fraction of sp³-hybridized carbons (Fsp3) is 1.00. The van der Waals surface area contributed by atoms with Crippen molar-refractivity contribution in [3.05, 3.63) is 0 Å². The maximum Gasteiger partial charge on any atom is 0.0667 e. The molecule has 1 N–H and O–H groups in total. The molecule has 3 unspecified atom stereocenters. The fourth-order valence-electron chi connectivity index (χ4n) is 1.38. The van der Waals surface area contributed by atoms with Gasteiger partial charge in [0.2, 0.25) is 0 Å². The van der Waals surface area contributed by atoms with Gasteiger partial charge in [0.15, 0.2) is 0 Å². The number of nitrogens with one attached hydrogen (secondary N) is 1. The summed E-state index contributed by atoms with van der Waals surface area (Å²) in [5.74, 6) is 1.26. The van der Waals surface area contributed by atoms with Crippen LogP contribution in [-0.2, 0) is 4.74 Å². The number of rotatable bonds is 4. The average molecular weight is 189 g/mol. The highest BCUT2D eigenvalue weighted by Crippen LogP contribution is 2.25. The number of ether oxygens (including phenoxy) is 1. The predicted octanol–water partition coefficient (Wildman–Crippen LogP) is 1.50. The molecular formula is C9H19NOS. The highest BCUT2D eigenvalue weighted by Gasteiger charge is 2.21. The van der Waals surface area contributed by atoms with Crippen LogP contribution in [0.4, 0.5) is 0 Å². The van der Waals surface area contributed by atoms with Crippen LogP contribution >= 0.6 is 11.8 Å². The minimum atomic E-state index is 0.339. The third-order valence-electron chi connectivity index (χ3n) is 2.29. The van der Waals surface area contributed by atoms with Crippen molar-refractivity contribution < 1.29 is 4.74 Å². The lowest BCUT2D eigenvalue weighted by atomic mass is 10.2. The standard InChI is InChI=1S/C9H19NOS/c1-7(11-3)5-10-9-4-8(2)12-6-9/h7-10H,4-6H2,1-3H3. The Morgan fingerprint density at radius 3 is 2.92 bits per heavy atom. The summed E-state index contributed by atoms with van der Waals surface area (Å²) in [7, 11) is 1.76. The number of methoxy groups -OCH3 is 1. The summed E-state index contributed by atoms with van der Waals surface area (Å²) in [4.78, 5) is 0. The summed E-state index contributed by atoms with van der Waals surface area (Å²) in [5.41, 5.74) is 0. The summed E-state index contributed by atoms with van der Waals surface area (Å²) in [6.07, 6.45) is 1.65. The third kappa shape index (κ3) is 3.33. The predicted molar refractivity (Wildman–Crippen MR) is 54.8 cm³/mol. The second-order valence-corrected chi connectivity index (χ2v) is 5.00. The van der Waals surface area contributed by atoms with E-state index in [0.717, 1.165) is 11.8 Å². The van der Waals surface area contributed by atoms with E-state index >= 15 is 0 Å².